The lowest BCUT2D eigenvalue weighted by atomic mass is 9.97. The number of hydrogen-bond donors (Lipinski definition) is 1. The van der Waals surface area contributed by atoms with E-state index in [2.05, 4.69) is 23.5 Å². The number of hydrogen-bond acceptors (Lipinski definition) is 2. The van der Waals surface area contributed by atoms with Crippen molar-refractivity contribution >= 4 is 10.9 Å². The summed E-state index contributed by atoms with van der Waals surface area (Å²) in [5.41, 5.74) is 2.43. The van der Waals surface area contributed by atoms with Crippen LogP contribution in [0, 0.1) is 0 Å². The van der Waals surface area contributed by atoms with Gasteiger partial charge in [-0.15, -0.1) is 0 Å². The zero-order valence-electron chi connectivity index (χ0n) is 9.94. The minimum atomic E-state index is 0.0489. The molecule has 1 atom stereocenters. The summed E-state index contributed by atoms with van der Waals surface area (Å²) in [4.78, 5) is 11.5. The molecule has 2 aromatic rings. The van der Waals surface area contributed by atoms with Crippen LogP contribution in [0.2, 0.25) is 0 Å². The van der Waals surface area contributed by atoms with E-state index in [1.807, 2.05) is 13.1 Å². The minimum absolute atomic E-state index is 0.0489. The van der Waals surface area contributed by atoms with E-state index in [0.717, 1.165) is 24.0 Å². The van der Waals surface area contributed by atoms with E-state index in [1.165, 1.54) is 12.0 Å². The maximum atomic E-state index is 11.5. The largest absolute Gasteiger partial charge is 0.316 e. The van der Waals surface area contributed by atoms with Crippen LogP contribution >= 0.6 is 0 Å². The van der Waals surface area contributed by atoms with Crippen molar-refractivity contribution in [3.05, 3.63) is 46.2 Å². The van der Waals surface area contributed by atoms with Crippen molar-refractivity contribution in [2.24, 2.45) is 7.05 Å². The summed E-state index contributed by atoms with van der Waals surface area (Å²) in [7, 11) is 1.82. The van der Waals surface area contributed by atoms with Gasteiger partial charge in [-0.05, 0) is 48.0 Å². The first-order valence-corrected chi connectivity index (χ1v) is 6.06. The Kier molecular flexibility index (Phi) is 2.48. The fourth-order valence-electron chi connectivity index (χ4n) is 2.60. The second-order valence-electron chi connectivity index (χ2n) is 4.74. The highest BCUT2D eigenvalue weighted by molar-refractivity contribution is 5.79. The number of rotatable bonds is 1. The Labute approximate surface area is 100 Å². The molecule has 3 nitrogen and oxygen atoms in total. The standard InChI is InChI=1S/C14H16N2O/c1-16-13-4-2-10(12-6-7-15-9-12)8-11(13)3-5-14(16)17/h2-5,8,12,15H,6-7,9H2,1H3. The lowest BCUT2D eigenvalue weighted by molar-refractivity contribution is 0.764. The predicted molar refractivity (Wildman–Crippen MR) is 69.4 cm³/mol. The molecule has 0 amide bonds. The van der Waals surface area contributed by atoms with E-state index in [0.29, 0.717) is 5.92 Å². The van der Waals surface area contributed by atoms with Crippen molar-refractivity contribution in [1.29, 1.82) is 0 Å². The third-order valence-electron chi connectivity index (χ3n) is 3.68. The van der Waals surface area contributed by atoms with E-state index in [4.69, 9.17) is 0 Å². The van der Waals surface area contributed by atoms with Crippen molar-refractivity contribution in [2.75, 3.05) is 13.1 Å². The van der Waals surface area contributed by atoms with Crippen LogP contribution in [-0.4, -0.2) is 17.7 Å². The van der Waals surface area contributed by atoms with E-state index in [9.17, 15) is 4.79 Å². The monoisotopic (exact) mass is 228 g/mol. The summed E-state index contributed by atoms with van der Waals surface area (Å²) in [6.45, 7) is 2.17. The molecular formula is C14H16N2O. The summed E-state index contributed by atoms with van der Waals surface area (Å²) in [5.74, 6) is 0.622. The highest BCUT2D eigenvalue weighted by Crippen LogP contribution is 2.25. The van der Waals surface area contributed by atoms with Crippen LogP contribution in [0.1, 0.15) is 17.9 Å². The van der Waals surface area contributed by atoms with Gasteiger partial charge < -0.3 is 9.88 Å². The predicted octanol–water partition coefficient (Wildman–Crippen LogP) is 1.62. The van der Waals surface area contributed by atoms with Gasteiger partial charge in [-0.1, -0.05) is 6.07 Å². The van der Waals surface area contributed by atoms with Crippen LogP contribution in [0.15, 0.2) is 35.1 Å². The molecule has 3 rings (SSSR count). The molecule has 1 aromatic heterocycles. The number of aromatic nitrogens is 1. The van der Waals surface area contributed by atoms with Gasteiger partial charge in [0.15, 0.2) is 0 Å². The van der Waals surface area contributed by atoms with E-state index < -0.39 is 0 Å². The Hall–Kier alpha value is -1.61. The molecule has 0 bridgehead atoms. The van der Waals surface area contributed by atoms with Crippen LogP contribution < -0.4 is 10.9 Å². The van der Waals surface area contributed by atoms with E-state index in [-0.39, 0.29) is 5.56 Å². The molecule has 1 saturated heterocycles. The van der Waals surface area contributed by atoms with Gasteiger partial charge in [0.25, 0.3) is 5.56 Å². The first-order chi connectivity index (χ1) is 8.25. The number of nitrogens with one attached hydrogen (secondary N) is 1. The fourth-order valence-corrected chi connectivity index (χ4v) is 2.60. The summed E-state index contributed by atoms with van der Waals surface area (Å²) in [5, 5.41) is 4.53. The third-order valence-corrected chi connectivity index (χ3v) is 3.68. The number of fused-ring (bicyclic) bond motifs is 1. The summed E-state index contributed by atoms with van der Waals surface area (Å²) in [6.07, 6.45) is 1.21. The maximum absolute atomic E-state index is 11.5. The lowest BCUT2D eigenvalue weighted by Crippen LogP contribution is -2.15. The summed E-state index contributed by atoms with van der Waals surface area (Å²) in [6, 6.07) is 9.98. The van der Waals surface area contributed by atoms with Gasteiger partial charge >= 0.3 is 0 Å². The second kappa shape index (κ2) is 4.00. The molecular weight excluding hydrogens is 212 g/mol. The average Bonchev–Trinajstić information content (AvgIpc) is 2.87. The van der Waals surface area contributed by atoms with Crippen LogP contribution in [0.4, 0.5) is 0 Å². The molecule has 88 valence electrons. The van der Waals surface area contributed by atoms with Crippen molar-refractivity contribution in [2.45, 2.75) is 12.3 Å². The van der Waals surface area contributed by atoms with Crippen LogP contribution in [0.25, 0.3) is 10.9 Å². The Morgan fingerprint density at radius 1 is 1.29 bits per heavy atom. The van der Waals surface area contributed by atoms with Gasteiger partial charge in [-0.2, -0.15) is 0 Å². The third kappa shape index (κ3) is 1.76. The van der Waals surface area contributed by atoms with Gasteiger partial charge in [0.05, 0.1) is 5.52 Å². The molecule has 17 heavy (non-hydrogen) atoms. The molecule has 1 aliphatic heterocycles. The second-order valence-corrected chi connectivity index (χ2v) is 4.74. The van der Waals surface area contributed by atoms with Crippen molar-refractivity contribution in [3.8, 4) is 0 Å². The SMILES string of the molecule is Cn1c(=O)ccc2cc(C3CCNC3)ccc21. The number of pyridine rings is 1. The Balaban J connectivity index is 2.13. The normalized spacial score (nSPS) is 19.9. The van der Waals surface area contributed by atoms with Gasteiger partial charge in [-0.25, -0.2) is 0 Å². The number of benzene rings is 1. The maximum Gasteiger partial charge on any atom is 0.250 e. The zero-order chi connectivity index (χ0) is 11.8. The van der Waals surface area contributed by atoms with Crippen LogP contribution in [0.5, 0.6) is 0 Å². The number of nitrogens with zero attached hydrogens (tertiary/aromatic N) is 1. The molecule has 3 heteroatoms. The number of aryl methyl sites for hydroxylation is 1. The van der Waals surface area contributed by atoms with Gasteiger partial charge in [0.1, 0.15) is 0 Å². The molecule has 0 saturated carbocycles. The molecule has 0 aliphatic carbocycles. The first kappa shape index (κ1) is 10.5. The lowest BCUT2D eigenvalue weighted by Gasteiger charge is -2.11. The van der Waals surface area contributed by atoms with Gasteiger partial charge in [0.2, 0.25) is 0 Å². The Bertz CT molecular complexity index is 609. The topological polar surface area (TPSA) is 34.0 Å². The van der Waals surface area contributed by atoms with E-state index >= 15 is 0 Å². The molecule has 1 aromatic carbocycles. The van der Waals surface area contributed by atoms with Crippen molar-refractivity contribution < 1.29 is 0 Å². The van der Waals surface area contributed by atoms with Crippen molar-refractivity contribution in [3.63, 3.8) is 0 Å². The average molecular weight is 228 g/mol. The Morgan fingerprint density at radius 2 is 2.18 bits per heavy atom. The zero-order valence-corrected chi connectivity index (χ0v) is 9.94. The molecule has 0 radical (unpaired) electrons. The van der Waals surface area contributed by atoms with Gasteiger partial charge in [0, 0.05) is 19.7 Å². The molecule has 1 N–H and O–H groups in total. The highest BCUT2D eigenvalue weighted by Gasteiger charge is 2.16. The summed E-state index contributed by atoms with van der Waals surface area (Å²) < 4.78 is 1.70. The molecule has 1 fully saturated rings. The van der Waals surface area contributed by atoms with Gasteiger partial charge in [-0.3, -0.25) is 4.79 Å². The minimum Gasteiger partial charge on any atom is -0.316 e. The smallest absolute Gasteiger partial charge is 0.250 e. The first-order valence-electron chi connectivity index (χ1n) is 6.06. The van der Waals surface area contributed by atoms with Crippen LogP contribution in [0.3, 0.4) is 0 Å². The molecule has 1 aliphatic rings. The molecule has 2 heterocycles. The molecule has 0 spiro atoms. The van der Waals surface area contributed by atoms with E-state index in [1.54, 1.807) is 10.6 Å². The summed E-state index contributed by atoms with van der Waals surface area (Å²) >= 11 is 0. The molecule has 1 unspecified atom stereocenters. The Morgan fingerprint density at radius 3 is 2.94 bits per heavy atom. The van der Waals surface area contributed by atoms with Crippen molar-refractivity contribution in [1.82, 2.24) is 9.88 Å². The van der Waals surface area contributed by atoms with Crippen LogP contribution in [-0.2, 0) is 7.05 Å². The fraction of sp³-hybridized carbons (Fsp3) is 0.357. The highest BCUT2D eigenvalue weighted by atomic mass is 16.1. The quantitative estimate of drug-likeness (QED) is 0.804.